The number of hydrogen-bond donors (Lipinski definition) is 1. The van der Waals surface area contributed by atoms with Gasteiger partial charge >= 0.3 is 0 Å². The molecular formula is C7H12N2O3. The number of nitrogens with zero attached hydrogens (tertiary/aromatic N) is 1. The Morgan fingerprint density at radius 1 is 1.83 bits per heavy atom. The minimum atomic E-state index is -0.700. The van der Waals surface area contributed by atoms with Crippen molar-refractivity contribution in [1.29, 1.82) is 0 Å². The summed E-state index contributed by atoms with van der Waals surface area (Å²) < 4.78 is 0. The number of hydrogen-bond acceptors (Lipinski definition) is 3. The van der Waals surface area contributed by atoms with Crippen molar-refractivity contribution < 1.29 is 9.72 Å². The second-order valence-corrected chi connectivity index (χ2v) is 2.30. The Hall–Kier alpha value is -1.39. The van der Waals surface area contributed by atoms with Crippen LogP contribution in [-0.2, 0) is 4.79 Å². The predicted molar refractivity (Wildman–Crippen MR) is 44.3 cm³/mol. The second kappa shape index (κ2) is 5.29. The zero-order chi connectivity index (χ0) is 9.56. The molecular weight excluding hydrogens is 160 g/mol. The van der Waals surface area contributed by atoms with Gasteiger partial charge in [-0.2, -0.15) is 0 Å². The van der Waals surface area contributed by atoms with Crippen molar-refractivity contribution in [3.05, 3.63) is 22.8 Å². The maximum atomic E-state index is 10.6. The van der Waals surface area contributed by atoms with E-state index in [0.29, 0.717) is 6.42 Å². The zero-order valence-corrected chi connectivity index (χ0v) is 6.95. The van der Waals surface area contributed by atoms with E-state index in [4.69, 9.17) is 0 Å². The van der Waals surface area contributed by atoms with Crippen LogP contribution in [-0.4, -0.2) is 23.4 Å². The summed E-state index contributed by atoms with van der Waals surface area (Å²) in [5, 5.41) is 12.6. The van der Waals surface area contributed by atoms with Gasteiger partial charge in [-0.1, -0.05) is 13.5 Å². The van der Waals surface area contributed by atoms with E-state index in [0.717, 1.165) is 6.08 Å². The zero-order valence-electron chi connectivity index (χ0n) is 6.95. The van der Waals surface area contributed by atoms with Crippen molar-refractivity contribution in [2.45, 2.75) is 19.4 Å². The maximum Gasteiger partial charge on any atom is 0.243 e. The van der Waals surface area contributed by atoms with Gasteiger partial charge in [0.25, 0.3) is 0 Å². The van der Waals surface area contributed by atoms with E-state index in [9.17, 15) is 14.9 Å². The van der Waals surface area contributed by atoms with Crippen molar-refractivity contribution in [3.8, 4) is 0 Å². The fraction of sp³-hybridized carbons (Fsp3) is 0.571. The highest BCUT2D eigenvalue weighted by atomic mass is 16.6. The fourth-order valence-corrected chi connectivity index (χ4v) is 0.659. The first-order valence-electron chi connectivity index (χ1n) is 3.65. The summed E-state index contributed by atoms with van der Waals surface area (Å²) >= 11 is 0. The molecule has 1 N–H and O–H groups in total. The van der Waals surface area contributed by atoms with Gasteiger partial charge in [-0.25, -0.2) is 0 Å². The molecule has 0 saturated carbocycles. The Bertz CT molecular complexity index is 191. The van der Waals surface area contributed by atoms with Crippen LogP contribution in [0.1, 0.15) is 13.3 Å². The summed E-state index contributed by atoms with van der Waals surface area (Å²) in [6, 6.07) is -0.700. The Morgan fingerprint density at radius 3 is 2.75 bits per heavy atom. The predicted octanol–water partition coefficient (Wildman–Crippen LogP) is 0.344. The van der Waals surface area contributed by atoms with Crippen LogP contribution in [0.25, 0.3) is 0 Å². The second-order valence-electron chi connectivity index (χ2n) is 2.30. The summed E-state index contributed by atoms with van der Waals surface area (Å²) in [6.07, 6.45) is 1.50. The van der Waals surface area contributed by atoms with E-state index in [1.165, 1.54) is 0 Å². The first kappa shape index (κ1) is 10.6. The lowest BCUT2D eigenvalue weighted by Gasteiger charge is -2.06. The highest BCUT2D eigenvalue weighted by molar-refractivity contribution is 5.86. The summed E-state index contributed by atoms with van der Waals surface area (Å²) in [7, 11) is 0. The molecule has 0 aliphatic carbocycles. The number of nitrogens with one attached hydrogen (secondary N) is 1. The van der Waals surface area contributed by atoms with Gasteiger partial charge in [0.15, 0.2) is 0 Å². The van der Waals surface area contributed by atoms with Crippen LogP contribution in [0.2, 0.25) is 0 Å². The van der Waals surface area contributed by atoms with Crippen LogP contribution in [0.15, 0.2) is 12.7 Å². The average Bonchev–Trinajstić information content (AvgIpc) is 2.04. The molecule has 0 spiro atoms. The lowest BCUT2D eigenvalue weighted by Crippen LogP contribution is -2.35. The molecule has 0 heterocycles. The normalized spacial score (nSPS) is 11.8. The molecule has 1 atom stereocenters. The molecule has 0 aromatic carbocycles. The Balaban J connectivity index is 3.80. The summed E-state index contributed by atoms with van der Waals surface area (Å²) in [5.74, 6) is -0.379. The summed E-state index contributed by atoms with van der Waals surface area (Å²) in [6.45, 7) is 4.99. The van der Waals surface area contributed by atoms with Gasteiger partial charge in [-0.05, 0) is 6.08 Å². The largest absolute Gasteiger partial charge is 0.346 e. The number of nitro groups is 1. The lowest BCUT2D eigenvalue weighted by atomic mass is 10.2. The minimum Gasteiger partial charge on any atom is -0.346 e. The molecule has 0 rings (SSSR count). The third-order valence-electron chi connectivity index (χ3n) is 1.47. The van der Waals surface area contributed by atoms with Gasteiger partial charge in [0, 0.05) is 11.3 Å². The summed E-state index contributed by atoms with van der Waals surface area (Å²) in [5.41, 5.74) is 0. The Labute approximate surface area is 70.6 Å². The first-order chi connectivity index (χ1) is 5.61. The molecule has 1 amide bonds. The number of carbonyl (C=O) groups excluding carboxylic acids is 1. The fourth-order valence-electron chi connectivity index (χ4n) is 0.659. The molecule has 0 fully saturated rings. The first-order valence-corrected chi connectivity index (χ1v) is 3.65. The van der Waals surface area contributed by atoms with Gasteiger partial charge in [-0.15, -0.1) is 0 Å². The Morgan fingerprint density at radius 2 is 2.42 bits per heavy atom. The smallest absolute Gasteiger partial charge is 0.243 e. The van der Waals surface area contributed by atoms with Crippen molar-refractivity contribution in [2.75, 3.05) is 6.54 Å². The molecule has 0 aliphatic heterocycles. The van der Waals surface area contributed by atoms with Gasteiger partial charge in [0.1, 0.15) is 0 Å². The molecule has 0 aromatic rings. The van der Waals surface area contributed by atoms with E-state index in [1.807, 2.05) is 0 Å². The van der Waals surface area contributed by atoms with Crippen LogP contribution in [0.5, 0.6) is 0 Å². The highest BCUT2D eigenvalue weighted by Gasteiger charge is 2.16. The van der Waals surface area contributed by atoms with Crippen molar-refractivity contribution in [1.82, 2.24) is 5.32 Å². The van der Waals surface area contributed by atoms with E-state index >= 15 is 0 Å². The van der Waals surface area contributed by atoms with Crippen LogP contribution < -0.4 is 5.32 Å². The van der Waals surface area contributed by atoms with Crippen molar-refractivity contribution in [2.24, 2.45) is 0 Å². The van der Waals surface area contributed by atoms with Crippen LogP contribution in [0, 0.1) is 10.1 Å². The number of amides is 1. The molecule has 0 aromatic heterocycles. The molecule has 5 heteroatoms. The minimum absolute atomic E-state index is 0.0638. The van der Waals surface area contributed by atoms with E-state index in [-0.39, 0.29) is 12.5 Å². The van der Waals surface area contributed by atoms with Gasteiger partial charge in [0.05, 0.1) is 6.54 Å². The molecule has 12 heavy (non-hydrogen) atoms. The summed E-state index contributed by atoms with van der Waals surface area (Å²) in [4.78, 5) is 20.5. The highest BCUT2D eigenvalue weighted by Crippen LogP contribution is 1.93. The van der Waals surface area contributed by atoms with E-state index in [1.54, 1.807) is 6.92 Å². The molecule has 1 unspecified atom stereocenters. The standard InChI is InChI=1S/C7H12N2O3/c1-3-6(9(11)12)5-8-7(10)4-2/h4,6H,2-3,5H2,1H3,(H,8,10). The van der Waals surface area contributed by atoms with E-state index in [2.05, 4.69) is 11.9 Å². The maximum absolute atomic E-state index is 10.6. The van der Waals surface area contributed by atoms with Gasteiger partial charge in [-0.3, -0.25) is 14.9 Å². The van der Waals surface area contributed by atoms with E-state index < -0.39 is 11.0 Å². The Kier molecular flexibility index (Phi) is 4.67. The molecule has 0 radical (unpaired) electrons. The number of rotatable bonds is 5. The quantitative estimate of drug-likeness (QED) is 0.369. The van der Waals surface area contributed by atoms with Crippen LogP contribution in [0.3, 0.4) is 0 Å². The number of carbonyl (C=O) groups is 1. The topological polar surface area (TPSA) is 72.2 Å². The monoisotopic (exact) mass is 172 g/mol. The average molecular weight is 172 g/mol. The van der Waals surface area contributed by atoms with Crippen LogP contribution in [0.4, 0.5) is 0 Å². The molecule has 0 saturated heterocycles. The third-order valence-corrected chi connectivity index (χ3v) is 1.47. The van der Waals surface area contributed by atoms with Crippen LogP contribution >= 0.6 is 0 Å². The lowest BCUT2D eigenvalue weighted by molar-refractivity contribution is -0.520. The molecule has 5 nitrogen and oxygen atoms in total. The molecule has 0 bridgehead atoms. The molecule has 68 valence electrons. The molecule has 0 aliphatic rings. The third kappa shape index (κ3) is 3.70. The van der Waals surface area contributed by atoms with Gasteiger partial charge in [0.2, 0.25) is 11.9 Å². The van der Waals surface area contributed by atoms with Crippen molar-refractivity contribution >= 4 is 5.91 Å². The van der Waals surface area contributed by atoms with Gasteiger partial charge < -0.3 is 5.32 Å². The SMILES string of the molecule is C=CC(=O)NCC(CC)[N+](=O)[O-]. The van der Waals surface area contributed by atoms with Crippen molar-refractivity contribution in [3.63, 3.8) is 0 Å².